The van der Waals surface area contributed by atoms with Crippen LogP contribution in [0.4, 0.5) is 4.79 Å². The molecule has 0 bridgehead atoms. The van der Waals surface area contributed by atoms with Crippen molar-refractivity contribution in [2.75, 3.05) is 26.8 Å². The zero-order valence-electron chi connectivity index (χ0n) is 14.9. The number of carbonyl (C=O) groups excluding carboxylic acids is 1. The molecule has 6 heteroatoms. The fourth-order valence-electron chi connectivity index (χ4n) is 2.71. The van der Waals surface area contributed by atoms with E-state index < -0.39 is 0 Å². The molecule has 0 saturated heterocycles. The van der Waals surface area contributed by atoms with Crippen LogP contribution in [0.1, 0.15) is 25.2 Å². The first-order valence-corrected chi connectivity index (χ1v) is 8.37. The van der Waals surface area contributed by atoms with Crippen molar-refractivity contribution >= 4 is 6.03 Å². The molecule has 0 fully saturated rings. The molecule has 1 aliphatic heterocycles. The van der Waals surface area contributed by atoms with Gasteiger partial charge in [-0.15, -0.1) is 0 Å². The van der Waals surface area contributed by atoms with E-state index in [2.05, 4.69) is 19.2 Å². The zero-order valence-corrected chi connectivity index (χ0v) is 14.9. The Bertz CT molecular complexity index is 725. The van der Waals surface area contributed by atoms with Gasteiger partial charge in [0.25, 0.3) is 0 Å². The number of carbonyl (C=O) groups is 1. The van der Waals surface area contributed by atoms with Crippen molar-refractivity contribution in [3.05, 3.63) is 47.9 Å². The highest BCUT2D eigenvalue weighted by atomic mass is 16.6. The molecule has 1 aromatic carbocycles. The topological polar surface area (TPSA) is 63.9 Å². The SMILES string of the molecule is CN(Cc1ccco1)C(=O)NCC(C)(C)c1ccc2c(c1)OCCO2. The average molecular weight is 344 g/mol. The zero-order chi connectivity index (χ0) is 17.9. The molecule has 0 spiro atoms. The van der Waals surface area contributed by atoms with Crippen LogP contribution >= 0.6 is 0 Å². The fraction of sp³-hybridized carbons (Fsp3) is 0.421. The molecular weight excluding hydrogens is 320 g/mol. The second-order valence-electron chi connectivity index (χ2n) is 6.84. The second-order valence-corrected chi connectivity index (χ2v) is 6.84. The molecular formula is C19H24N2O4. The molecule has 1 N–H and O–H groups in total. The number of hydrogen-bond acceptors (Lipinski definition) is 4. The summed E-state index contributed by atoms with van der Waals surface area (Å²) in [5.74, 6) is 2.29. The second kappa shape index (κ2) is 7.09. The van der Waals surface area contributed by atoms with E-state index in [-0.39, 0.29) is 11.4 Å². The molecule has 6 nitrogen and oxygen atoms in total. The molecule has 2 heterocycles. The van der Waals surface area contributed by atoms with Gasteiger partial charge in [-0.3, -0.25) is 0 Å². The molecule has 2 aromatic rings. The van der Waals surface area contributed by atoms with Crippen molar-refractivity contribution in [3.8, 4) is 11.5 Å². The maximum absolute atomic E-state index is 12.3. The van der Waals surface area contributed by atoms with Gasteiger partial charge in [-0.1, -0.05) is 19.9 Å². The maximum Gasteiger partial charge on any atom is 0.317 e. The normalized spacial score (nSPS) is 13.4. The summed E-state index contributed by atoms with van der Waals surface area (Å²) in [6.07, 6.45) is 1.60. The van der Waals surface area contributed by atoms with Crippen LogP contribution in [-0.4, -0.2) is 37.7 Å². The van der Waals surface area contributed by atoms with E-state index in [1.807, 2.05) is 30.3 Å². The fourth-order valence-corrected chi connectivity index (χ4v) is 2.71. The number of furan rings is 1. The van der Waals surface area contributed by atoms with E-state index >= 15 is 0 Å². The number of urea groups is 1. The lowest BCUT2D eigenvalue weighted by Crippen LogP contribution is -2.42. The number of hydrogen-bond donors (Lipinski definition) is 1. The minimum absolute atomic E-state index is 0.137. The quantitative estimate of drug-likeness (QED) is 0.905. The van der Waals surface area contributed by atoms with Gasteiger partial charge in [0.15, 0.2) is 11.5 Å². The van der Waals surface area contributed by atoms with Gasteiger partial charge < -0.3 is 24.1 Å². The lowest BCUT2D eigenvalue weighted by Gasteiger charge is -2.28. The highest BCUT2D eigenvalue weighted by molar-refractivity contribution is 5.74. The van der Waals surface area contributed by atoms with Gasteiger partial charge in [-0.2, -0.15) is 0 Å². The Labute approximate surface area is 147 Å². The van der Waals surface area contributed by atoms with Crippen LogP contribution in [0.5, 0.6) is 11.5 Å². The molecule has 0 aliphatic carbocycles. The summed E-state index contributed by atoms with van der Waals surface area (Å²) in [7, 11) is 1.74. The lowest BCUT2D eigenvalue weighted by molar-refractivity contribution is 0.171. The number of nitrogens with one attached hydrogen (secondary N) is 1. The van der Waals surface area contributed by atoms with E-state index in [1.165, 1.54) is 0 Å². The van der Waals surface area contributed by atoms with E-state index in [4.69, 9.17) is 13.9 Å². The number of rotatable bonds is 5. The Balaban J connectivity index is 1.60. The standard InChI is InChI=1S/C19H24N2O4/c1-19(2,14-6-7-16-17(11-14)25-10-9-24-16)13-20-18(22)21(3)12-15-5-4-8-23-15/h4-8,11H,9-10,12-13H2,1-3H3,(H,20,22). The van der Waals surface area contributed by atoms with Crippen molar-refractivity contribution in [2.24, 2.45) is 0 Å². The van der Waals surface area contributed by atoms with Crippen molar-refractivity contribution in [1.82, 2.24) is 10.2 Å². The first-order valence-electron chi connectivity index (χ1n) is 8.37. The first-order chi connectivity index (χ1) is 12.0. The largest absolute Gasteiger partial charge is 0.486 e. The van der Waals surface area contributed by atoms with Crippen LogP contribution in [0.15, 0.2) is 41.0 Å². The van der Waals surface area contributed by atoms with Gasteiger partial charge in [-0.25, -0.2) is 4.79 Å². The Morgan fingerprint density at radius 1 is 1.20 bits per heavy atom. The van der Waals surface area contributed by atoms with Crippen LogP contribution in [0, 0.1) is 0 Å². The van der Waals surface area contributed by atoms with E-state index in [0.717, 1.165) is 22.8 Å². The first kappa shape index (κ1) is 17.2. The summed E-state index contributed by atoms with van der Waals surface area (Å²) in [5.41, 5.74) is 0.850. The molecule has 3 rings (SSSR count). The summed E-state index contributed by atoms with van der Waals surface area (Å²) in [5, 5.41) is 2.99. The minimum atomic E-state index is -0.239. The number of ether oxygens (including phenoxy) is 2. The Hall–Kier alpha value is -2.63. The van der Waals surface area contributed by atoms with Gasteiger partial charge in [0.1, 0.15) is 19.0 Å². The van der Waals surface area contributed by atoms with Crippen LogP contribution in [0.3, 0.4) is 0 Å². The Morgan fingerprint density at radius 2 is 1.96 bits per heavy atom. The van der Waals surface area contributed by atoms with Crippen LogP contribution < -0.4 is 14.8 Å². The molecule has 2 amide bonds. The molecule has 25 heavy (non-hydrogen) atoms. The number of fused-ring (bicyclic) bond motifs is 1. The van der Waals surface area contributed by atoms with Crippen LogP contribution in [-0.2, 0) is 12.0 Å². The third-order valence-corrected chi connectivity index (χ3v) is 4.33. The van der Waals surface area contributed by atoms with Gasteiger partial charge in [0.2, 0.25) is 0 Å². The van der Waals surface area contributed by atoms with Crippen molar-refractivity contribution < 1.29 is 18.7 Å². The minimum Gasteiger partial charge on any atom is -0.486 e. The monoisotopic (exact) mass is 344 g/mol. The molecule has 0 unspecified atom stereocenters. The predicted molar refractivity (Wildman–Crippen MR) is 94.0 cm³/mol. The van der Waals surface area contributed by atoms with Crippen LogP contribution in [0.2, 0.25) is 0 Å². The summed E-state index contributed by atoms with van der Waals surface area (Å²) < 4.78 is 16.5. The number of benzene rings is 1. The third-order valence-electron chi connectivity index (χ3n) is 4.33. The summed E-state index contributed by atoms with van der Waals surface area (Å²) in [4.78, 5) is 13.9. The molecule has 134 valence electrons. The molecule has 1 aromatic heterocycles. The van der Waals surface area contributed by atoms with Crippen LogP contribution in [0.25, 0.3) is 0 Å². The summed E-state index contributed by atoms with van der Waals surface area (Å²) >= 11 is 0. The average Bonchev–Trinajstić information content (AvgIpc) is 3.12. The summed E-state index contributed by atoms with van der Waals surface area (Å²) in [6.45, 7) is 6.26. The number of amides is 2. The van der Waals surface area contributed by atoms with Gasteiger partial charge in [0, 0.05) is 19.0 Å². The highest BCUT2D eigenvalue weighted by Crippen LogP contribution is 2.34. The molecule has 0 saturated carbocycles. The smallest absolute Gasteiger partial charge is 0.317 e. The van der Waals surface area contributed by atoms with E-state index in [9.17, 15) is 4.79 Å². The van der Waals surface area contributed by atoms with Crippen molar-refractivity contribution in [1.29, 1.82) is 0 Å². The lowest BCUT2D eigenvalue weighted by atomic mass is 9.84. The molecule has 0 radical (unpaired) electrons. The van der Waals surface area contributed by atoms with Gasteiger partial charge in [-0.05, 0) is 29.8 Å². The third kappa shape index (κ3) is 4.07. The Morgan fingerprint density at radius 3 is 2.68 bits per heavy atom. The molecule has 1 aliphatic rings. The molecule has 0 atom stereocenters. The van der Waals surface area contributed by atoms with E-state index in [1.54, 1.807) is 18.2 Å². The van der Waals surface area contributed by atoms with Crippen molar-refractivity contribution in [2.45, 2.75) is 25.8 Å². The Kier molecular flexibility index (Phi) is 4.88. The summed E-state index contributed by atoms with van der Waals surface area (Å²) in [6, 6.07) is 9.47. The predicted octanol–water partition coefficient (Wildman–Crippen LogP) is 3.17. The van der Waals surface area contributed by atoms with Gasteiger partial charge in [0.05, 0.1) is 12.8 Å². The highest BCUT2D eigenvalue weighted by Gasteiger charge is 2.25. The van der Waals surface area contributed by atoms with E-state index in [0.29, 0.717) is 26.3 Å². The van der Waals surface area contributed by atoms with Crippen molar-refractivity contribution in [3.63, 3.8) is 0 Å². The van der Waals surface area contributed by atoms with Gasteiger partial charge >= 0.3 is 6.03 Å². The number of nitrogens with zero attached hydrogens (tertiary/aromatic N) is 1. The maximum atomic E-state index is 12.3.